The molecule has 0 spiro atoms. The Morgan fingerprint density at radius 3 is 2.22 bits per heavy atom. The predicted octanol–water partition coefficient (Wildman–Crippen LogP) is 0.630. The second-order valence-electron chi connectivity index (χ2n) is 2.18. The van der Waals surface area contributed by atoms with Gasteiger partial charge in [0, 0.05) is 0 Å². The van der Waals surface area contributed by atoms with E-state index in [9.17, 15) is 0 Å². The predicted molar refractivity (Wildman–Crippen MR) is 41.1 cm³/mol. The van der Waals surface area contributed by atoms with E-state index in [-0.39, 0.29) is 0 Å². The van der Waals surface area contributed by atoms with E-state index >= 15 is 0 Å². The molecule has 0 unspecified atom stereocenters. The van der Waals surface area contributed by atoms with Gasteiger partial charge in [-0.15, -0.1) is 0 Å². The monoisotopic (exact) mass is 128 g/mol. The van der Waals surface area contributed by atoms with Crippen LogP contribution < -0.4 is 11.5 Å². The topological polar surface area (TPSA) is 52.0 Å². The molecule has 4 N–H and O–H groups in total. The van der Waals surface area contributed by atoms with E-state index in [2.05, 4.69) is 6.58 Å². The van der Waals surface area contributed by atoms with Gasteiger partial charge in [0.25, 0.3) is 0 Å². The van der Waals surface area contributed by atoms with Crippen LogP contribution in [-0.2, 0) is 0 Å². The Morgan fingerprint density at radius 1 is 1.11 bits per heavy atom. The maximum Gasteiger partial charge on any atom is -0.00400 e. The lowest BCUT2D eigenvalue weighted by atomic mass is 10.1. The molecule has 0 aromatic heterocycles. The largest absolute Gasteiger partial charge is 0.330 e. The van der Waals surface area contributed by atoms with Gasteiger partial charge < -0.3 is 11.5 Å². The molecule has 0 saturated heterocycles. The summed E-state index contributed by atoms with van der Waals surface area (Å²) in [6.45, 7) is 5.31. The van der Waals surface area contributed by atoms with E-state index in [0.29, 0.717) is 6.54 Å². The van der Waals surface area contributed by atoms with E-state index in [1.807, 2.05) is 0 Å². The van der Waals surface area contributed by atoms with Gasteiger partial charge in [0.2, 0.25) is 0 Å². The van der Waals surface area contributed by atoms with Crippen molar-refractivity contribution >= 4 is 0 Å². The van der Waals surface area contributed by atoms with Crippen molar-refractivity contribution in [2.24, 2.45) is 11.5 Å². The summed E-state index contributed by atoms with van der Waals surface area (Å²) in [7, 11) is 0. The van der Waals surface area contributed by atoms with Crippen LogP contribution in [0.15, 0.2) is 12.2 Å². The summed E-state index contributed by atoms with van der Waals surface area (Å²) in [5.74, 6) is 0. The van der Waals surface area contributed by atoms with Crippen LogP contribution in [0.1, 0.15) is 19.3 Å². The minimum absolute atomic E-state index is 0.712. The molecule has 0 aromatic carbocycles. The average molecular weight is 128 g/mol. The molecule has 0 aliphatic carbocycles. The molecule has 0 amide bonds. The van der Waals surface area contributed by atoms with Crippen LogP contribution in [0.25, 0.3) is 0 Å². The molecule has 0 fully saturated rings. The smallest absolute Gasteiger partial charge is 0.00400 e. The Hall–Kier alpha value is -0.340. The van der Waals surface area contributed by atoms with E-state index in [1.165, 1.54) is 5.57 Å². The highest BCUT2D eigenvalue weighted by Crippen LogP contribution is 2.03. The van der Waals surface area contributed by atoms with E-state index in [0.717, 1.165) is 25.8 Å². The minimum atomic E-state index is 0.712. The maximum atomic E-state index is 5.31. The summed E-state index contributed by atoms with van der Waals surface area (Å²) in [6.07, 6.45) is 3.02. The van der Waals surface area contributed by atoms with Gasteiger partial charge in [0.05, 0.1) is 0 Å². The maximum absolute atomic E-state index is 5.31. The fourth-order valence-electron chi connectivity index (χ4n) is 0.681. The lowest BCUT2D eigenvalue weighted by molar-refractivity contribution is 0.782. The average Bonchev–Trinajstić information content (AvgIpc) is 1.85. The third-order valence-corrected chi connectivity index (χ3v) is 1.23. The number of hydrogen-bond acceptors (Lipinski definition) is 2. The highest BCUT2D eigenvalue weighted by molar-refractivity contribution is 4.93. The van der Waals surface area contributed by atoms with Crippen LogP contribution in [0.3, 0.4) is 0 Å². The molecule has 0 bridgehead atoms. The van der Waals surface area contributed by atoms with Crippen molar-refractivity contribution in [1.29, 1.82) is 0 Å². The summed E-state index contributed by atoms with van der Waals surface area (Å²) in [4.78, 5) is 0. The summed E-state index contributed by atoms with van der Waals surface area (Å²) in [6, 6.07) is 0. The fraction of sp³-hybridized carbons (Fsp3) is 0.714. The molecule has 0 saturated carbocycles. The van der Waals surface area contributed by atoms with E-state index in [4.69, 9.17) is 11.5 Å². The molecule has 54 valence electrons. The van der Waals surface area contributed by atoms with Crippen LogP contribution in [0.5, 0.6) is 0 Å². The zero-order valence-electron chi connectivity index (χ0n) is 5.90. The third-order valence-electron chi connectivity index (χ3n) is 1.23. The highest BCUT2D eigenvalue weighted by Gasteiger charge is 1.90. The Kier molecular flexibility index (Phi) is 5.57. The SMILES string of the molecule is C=C(CCN)CCCN. The summed E-state index contributed by atoms with van der Waals surface area (Å²) >= 11 is 0. The Labute approximate surface area is 56.9 Å². The molecule has 2 nitrogen and oxygen atoms in total. The summed E-state index contributed by atoms with van der Waals surface area (Å²) < 4.78 is 0. The Bertz CT molecular complexity index is 79.0. The third kappa shape index (κ3) is 5.53. The van der Waals surface area contributed by atoms with Crippen LogP contribution in [0.4, 0.5) is 0 Å². The standard InChI is InChI=1S/C7H16N2/c1-7(4-6-9)3-2-5-8/h1-6,8-9H2. The van der Waals surface area contributed by atoms with Crippen LogP contribution in [0, 0.1) is 0 Å². The van der Waals surface area contributed by atoms with Gasteiger partial charge in [0.15, 0.2) is 0 Å². The van der Waals surface area contributed by atoms with E-state index < -0.39 is 0 Å². The first kappa shape index (κ1) is 8.66. The quantitative estimate of drug-likeness (QED) is 0.533. The van der Waals surface area contributed by atoms with Gasteiger partial charge in [0.1, 0.15) is 0 Å². The zero-order valence-corrected chi connectivity index (χ0v) is 5.90. The van der Waals surface area contributed by atoms with Crippen molar-refractivity contribution in [3.8, 4) is 0 Å². The zero-order chi connectivity index (χ0) is 7.11. The summed E-state index contributed by atoms with van der Waals surface area (Å²) in [5.41, 5.74) is 11.8. The molecule has 0 rings (SSSR count). The van der Waals surface area contributed by atoms with Gasteiger partial charge in [-0.2, -0.15) is 0 Å². The normalized spacial score (nSPS) is 9.56. The lowest BCUT2D eigenvalue weighted by Gasteiger charge is -2.00. The minimum Gasteiger partial charge on any atom is -0.330 e. The molecule has 9 heavy (non-hydrogen) atoms. The second-order valence-corrected chi connectivity index (χ2v) is 2.18. The molecule has 0 radical (unpaired) electrons. The fourth-order valence-corrected chi connectivity index (χ4v) is 0.681. The molecule has 0 atom stereocenters. The first-order valence-corrected chi connectivity index (χ1v) is 3.38. The molecule has 0 aromatic rings. The van der Waals surface area contributed by atoms with Crippen LogP contribution in [-0.4, -0.2) is 13.1 Å². The number of nitrogens with two attached hydrogens (primary N) is 2. The summed E-state index contributed by atoms with van der Waals surface area (Å²) in [5, 5.41) is 0. The molecule has 0 aliphatic rings. The van der Waals surface area contributed by atoms with Gasteiger partial charge in [-0.25, -0.2) is 0 Å². The Balaban J connectivity index is 3.06. The van der Waals surface area contributed by atoms with Crippen molar-refractivity contribution in [3.05, 3.63) is 12.2 Å². The van der Waals surface area contributed by atoms with Gasteiger partial charge >= 0.3 is 0 Å². The molecule has 0 heterocycles. The number of rotatable bonds is 5. The molecular weight excluding hydrogens is 112 g/mol. The van der Waals surface area contributed by atoms with Gasteiger partial charge in [-0.3, -0.25) is 0 Å². The Morgan fingerprint density at radius 2 is 1.78 bits per heavy atom. The second kappa shape index (κ2) is 5.79. The van der Waals surface area contributed by atoms with Crippen molar-refractivity contribution in [2.45, 2.75) is 19.3 Å². The first-order chi connectivity index (χ1) is 4.31. The van der Waals surface area contributed by atoms with Crippen LogP contribution in [0.2, 0.25) is 0 Å². The highest BCUT2D eigenvalue weighted by atomic mass is 14.5. The molecular formula is C7H16N2. The van der Waals surface area contributed by atoms with Crippen molar-refractivity contribution < 1.29 is 0 Å². The van der Waals surface area contributed by atoms with Gasteiger partial charge in [-0.1, -0.05) is 12.2 Å². The van der Waals surface area contributed by atoms with Crippen LogP contribution >= 0.6 is 0 Å². The molecule has 2 heteroatoms. The van der Waals surface area contributed by atoms with E-state index in [1.54, 1.807) is 0 Å². The van der Waals surface area contributed by atoms with Crippen molar-refractivity contribution in [1.82, 2.24) is 0 Å². The lowest BCUT2D eigenvalue weighted by Crippen LogP contribution is -2.02. The van der Waals surface area contributed by atoms with Gasteiger partial charge in [-0.05, 0) is 32.4 Å². The van der Waals surface area contributed by atoms with Crippen molar-refractivity contribution in [3.63, 3.8) is 0 Å². The van der Waals surface area contributed by atoms with Crippen molar-refractivity contribution in [2.75, 3.05) is 13.1 Å². The molecule has 0 aliphatic heterocycles. The number of hydrogen-bond donors (Lipinski definition) is 2. The first-order valence-electron chi connectivity index (χ1n) is 3.38.